The van der Waals surface area contributed by atoms with Gasteiger partial charge in [-0.3, -0.25) is 4.79 Å². The van der Waals surface area contributed by atoms with E-state index in [4.69, 9.17) is 27.9 Å². The van der Waals surface area contributed by atoms with Crippen LogP contribution in [-0.4, -0.2) is 44.9 Å². The van der Waals surface area contributed by atoms with Crippen LogP contribution in [0.15, 0.2) is 41.3 Å². The summed E-state index contributed by atoms with van der Waals surface area (Å²) in [5, 5.41) is 3.49. The van der Waals surface area contributed by atoms with Crippen molar-refractivity contribution in [3.05, 3.63) is 57.6 Å². The number of rotatable bonds is 7. The van der Waals surface area contributed by atoms with Crippen molar-refractivity contribution in [3.8, 4) is 5.75 Å². The Balaban J connectivity index is 1.62. The summed E-state index contributed by atoms with van der Waals surface area (Å²) in [5.41, 5.74) is 1.07. The topological polar surface area (TPSA) is 75.7 Å². The van der Waals surface area contributed by atoms with E-state index in [0.29, 0.717) is 23.9 Å². The molecule has 1 heterocycles. The minimum Gasteiger partial charge on any atom is -0.492 e. The van der Waals surface area contributed by atoms with Crippen molar-refractivity contribution < 1.29 is 17.9 Å². The van der Waals surface area contributed by atoms with Gasteiger partial charge in [0.05, 0.1) is 22.0 Å². The highest BCUT2D eigenvalue weighted by atomic mass is 35.5. The zero-order chi connectivity index (χ0) is 21.0. The van der Waals surface area contributed by atoms with E-state index in [1.54, 1.807) is 12.1 Å². The highest BCUT2D eigenvalue weighted by Crippen LogP contribution is 2.25. The lowest BCUT2D eigenvalue weighted by atomic mass is 10.2. The molecule has 1 saturated heterocycles. The van der Waals surface area contributed by atoms with E-state index in [1.165, 1.54) is 22.5 Å². The van der Waals surface area contributed by atoms with Crippen molar-refractivity contribution in [2.75, 3.05) is 26.2 Å². The molecule has 1 aliphatic rings. The summed E-state index contributed by atoms with van der Waals surface area (Å²) in [7, 11) is -3.62. The molecule has 0 spiro atoms. The average molecular weight is 457 g/mol. The number of nitrogens with zero attached hydrogens (tertiary/aromatic N) is 1. The Morgan fingerprint density at radius 3 is 2.52 bits per heavy atom. The molecule has 0 saturated carbocycles. The fraction of sp³-hybridized carbons (Fsp3) is 0.350. The summed E-state index contributed by atoms with van der Waals surface area (Å²) in [6.07, 6.45) is 1.68. The Morgan fingerprint density at radius 1 is 1.10 bits per heavy atom. The Morgan fingerprint density at radius 2 is 1.83 bits per heavy atom. The number of halogens is 2. The summed E-state index contributed by atoms with van der Waals surface area (Å²) in [4.78, 5) is 12.6. The van der Waals surface area contributed by atoms with Crippen LogP contribution in [0.2, 0.25) is 10.0 Å². The van der Waals surface area contributed by atoms with Gasteiger partial charge in [-0.25, -0.2) is 8.42 Å². The van der Waals surface area contributed by atoms with Gasteiger partial charge in [-0.1, -0.05) is 29.3 Å². The molecule has 0 aromatic heterocycles. The Labute approximate surface area is 180 Å². The number of carbonyl (C=O) groups is 1. The molecule has 0 aliphatic carbocycles. The Hall–Kier alpha value is -1.80. The van der Waals surface area contributed by atoms with Crippen molar-refractivity contribution in [1.82, 2.24) is 9.62 Å². The third-order valence-corrected chi connectivity index (χ3v) is 7.32. The van der Waals surface area contributed by atoms with E-state index in [-0.39, 0.29) is 28.6 Å². The van der Waals surface area contributed by atoms with Gasteiger partial charge in [-0.15, -0.1) is 0 Å². The second-order valence-electron chi connectivity index (χ2n) is 6.77. The van der Waals surface area contributed by atoms with Gasteiger partial charge >= 0.3 is 0 Å². The maximum atomic E-state index is 12.7. The summed E-state index contributed by atoms with van der Waals surface area (Å²) in [6, 6.07) is 9.55. The quantitative estimate of drug-likeness (QED) is 0.640. The summed E-state index contributed by atoms with van der Waals surface area (Å²) >= 11 is 12.2. The van der Waals surface area contributed by atoms with Gasteiger partial charge < -0.3 is 10.1 Å². The number of sulfonamides is 1. The molecule has 156 valence electrons. The minimum atomic E-state index is -3.62. The lowest BCUT2D eigenvalue weighted by Gasteiger charge is -2.16. The smallest absolute Gasteiger partial charge is 0.252 e. The van der Waals surface area contributed by atoms with Crippen molar-refractivity contribution in [3.63, 3.8) is 0 Å². The van der Waals surface area contributed by atoms with Crippen LogP contribution < -0.4 is 10.1 Å². The number of amides is 1. The molecule has 0 radical (unpaired) electrons. The minimum absolute atomic E-state index is 0.0690. The molecule has 6 nitrogen and oxygen atoms in total. The van der Waals surface area contributed by atoms with Crippen LogP contribution >= 0.6 is 23.2 Å². The first-order chi connectivity index (χ1) is 13.8. The monoisotopic (exact) mass is 456 g/mol. The van der Waals surface area contributed by atoms with Crippen molar-refractivity contribution >= 4 is 39.1 Å². The molecule has 1 fully saturated rings. The summed E-state index contributed by atoms with van der Waals surface area (Å²) < 4.78 is 32.4. The van der Waals surface area contributed by atoms with Gasteiger partial charge in [-0.05, 0) is 55.7 Å². The largest absolute Gasteiger partial charge is 0.492 e. The number of hydrogen-bond acceptors (Lipinski definition) is 4. The van der Waals surface area contributed by atoms with E-state index in [2.05, 4.69) is 5.32 Å². The third-order valence-electron chi connectivity index (χ3n) is 4.68. The van der Waals surface area contributed by atoms with Crippen LogP contribution in [0.3, 0.4) is 0 Å². The molecule has 0 bridgehead atoms. The van der Waals surface area contributed by atoms with Gasteiger partial charge in [0.1, 0.15) is 12.4 Å². The third kappa shape index (κ3) is 5.22. The van der Waals surface area contributed by atoms with E-state index in [0.717, 1.165) is 18.4 Å². The van der Waals surface area contributed by atoms with Gasteiger partial charge in [0, 0.05) is 18.1 Å². The molecule has 29 heavy (non-hydrogen) atoms. The number of ether oxygens (including phenoxy) is 1. The number of hydrogen-bond donors (Lipinski definition) is 1. The zero-order valence-corrected chi connectivity index (χ0v) is 18.3. The van der Waals surface area contributed by atoms with Crippen LogP contribution in [0.4, 0.5) is 0 Å². The molecule has 0 atom stereocenters. The highest BCUT2D eigenvalue weighted by Gasteiger charge is 2.28. The predicted molar refractivity (Wildman–Crippen MR) is 113 cm³/mol. The first-order valence-corrected chi connectivity index (χ1v) is 11.5. The average Bonchev–Trinajstić information content (AvgIpc) is 3.23. The van der Waals surface area contributed by atoms with E-state index in [9.17, 15) is 13.2 Å². The second kappa shape index (κ2) is 9.34. The lowest BCUT2D eigenvalue weighted by Crippen LogP contribution is -2.30. The highest BCUT2D eigenvalue weighted by molar-refractivity contribution is 7.89. The Kier molecular flexibility index (Phi) is 7.05. The fourth-order valence-corrected chi connectivity index (χ4v) is 4.93. The number of carbonyl (C=O) groups excluding carboxylic acids is 1. The Bertz CT molecular complexity index is 1010. The molecule has 2 aromatic carbocycles. The first kappa shape index (κ1) is 21.9. The molecule has 1 amide bonds. The lowest BCUT2D eigenvalue weighted by molar-refractivity contribution is 0.0947. The molecule has 3 rings (SSSR count). The standard InChI is InChI=1S/C20H22Cl2N2O4S/c1-14-4-5-15(12-19(14)22)28-11-8-23-20(25)17-13-16(6-7-18(17)21)29(26,27)24-9-2-3-10-24/h4-7,12-13H,2-3,8-11H2,1H3,(H,23,25). The second-order valence-corrected chi connectivity index (χ2v) is 9.52. The van der Waals surface area contributed by atoms with Crippen LogP contribution in [-0.2, 0) is 10.0 Å². The molecular weight excluding hydrogens is 435 g/mol. The van der Waals surface area contributed by atoms with Crippen LogP contribution in [0, 0.1) is 6.92 Å². The van der Waals surface area contributed by atoms with Crippen LogP contribution in [0.25, 0.3) is 0 Å². The molecule has 1 aliphatic heterocycles. The summed E-state index contributed by atoms with van der Waals surface area (Å²) in [5.74, 6) is 0.144. The first-order valence-electron chi connectivity index (χ1n) is 9.26. The number of aryl methyl sites for hydroxylation is 1. The van der Waals surface area contributed by atoms with E-state index < -0.39 is 15.9 Å². The van der Waals surface area contributed by atoms with Crippen LogP contribution in [0.1, 0.15) is 28.8 Å². The van der Waals surface area contributed by atoms with E-state index >= 15 is 0 Å². The van der Waals surface area contributed by atoms with Gasteiger partial charge in [-0.2, -0.15) is 4.31 Å². The number of nitrogens with one attached hydrogen (secondary N) is 1. The van der Waals surface area contributed by atoms with E-state index in [1.807, 2.05) is 13.0 Å². The van der Waals surface area contributed by atoms with Crippen molar-refractivity contribution in [2.24, 2.45) is 0 Å². The molecule has 1 N–H and O–H groups in total. The molecule has 2 aromatic rings. The summed E-state index contributed by atoms with van der Waals surface area (Å²) in [6.45, 7) is 3.34. The van der Waals surface area contributed by atoms with Crippen molar-refractivity contribution in [1.29, 1.82) is 0 Å². The predicted octanol–water partition coefficient (Wildman–Crippen LogP) is 3.90. The maximum absolute atomic E-state index is 12.7. The molecule has 9 heteroatoms. The van der Waals surface area contributed by atoms with Crippen LogP contribution in [0.5, 0.6) is 5.75 Å². The maximum Gasteiger partial charge on any atom is 0.252 e. The fourth-order valence-electron chi connectivity index (χ4n) is 3.01. The zero-order valence-electron chi connectivity index (χ0n) is 16.0. The molecular formula is C20H22Cl2N2O4S. The van der Waals surface area contributed by atoms with Crippen molar-refractivity contribution in [2.45, 2.75) is 24.7 Å². The van der Waals surface area contributed by atoms with Gasteiger partial charge in [0.25, 0.3) is 5.91 Å². The SMILES string of the molecule is Cc1ccc(OCCNC(=O)c2cc(S(=O)(=O)N3CCCC3)ccc2Cl)cc1Cl. The molecule has 0 unspecified atom stereocenters. The van der Waals surface area contributed by atoms with Gasteiger partial charge in [0.15, 0.2) is 0 Å². The normalized spacial score (nSPS) is 14.7. The number of benzene rings is 2. The van der Waals surface area contributed by atoms with Gasteiger partial charge in [0.2, 0.25) is 10.0 Å².